The third-order valence-corrected chi connectivity index (χ3v) is 5.35. The van der Waals surface area contributed by atoms with Gasteiger partial charge in [-0.15, -0.1) is 0 Å². The molecule has 2 atom stereocenters. The van der Waals surface area contributed by atoms with Crippen LogP contribution in [0.1, 0.15) is 18.1 Å². The topological polar surface area (TPSA) is 84.5 Å². The molecule has 0 aromatic heterocycles. The highest BCUT2D eigenvalue weighted by molar-refractivity contribution is 7.91. The number of carbonyl (C=O) groups excluding carboxylic acids is 1. The zero-order valence-corrected chi connectivity index (χ0v) is 13.7. The van der Waals surface area contributed by atoms with Crippen LogP contribution >= 0.6 is 0 Å². The van der Waals surface area contributed by atoms with Crippen molar-refractivity contribution >= 4 is 15.9 Å². The minimum absolute atomic E-state index is 0.0237. The smallest absolute Gasteiger partial charge is 0.407 e. The highest BCUT2D eigenvalue weighted by atomic mass is 32.2. The second kappa shape index (κ2) is 7.11. The van der Waals surface area contributed by atoms with Crippen LogP contribution in [0.4, 0.5) is 4.79 Å². The van der Waals surface area contributed by atoms with E-state index in [1.165, 1.54) is 5.56 Å². The number of sulfone groups is 1. The fourth-order valence-electron chi connectivity index (χ4n) is 2.47. The Labute approximate surface area is 131 Å². The Morgan fingerprint density at radius 2 is 1.86 bits per heavy atom. The lowest BCUT2D eigenvalue weighted by Gasteiger charge is -2.20. The lowest BCUT2D eigenvalue weighted by Crippen LogP contribution is -2.49. The predicted octanol–water partition coefficient (Wildman–Crippen LogP) is 0.996. The first-order chi connectivity index (χ1) is 10.4. The molecule has 1 aromatic rings. The van der Waals surface area contributed by atoms with E-state index in [0.717, 1.165) is 5.56 Å². The molecule has 1 aliphatic heterocycles. The minimum Gasteiger partial charge on any atom is -0.450 e. The van der Waals surface area contributed by atoms with Crippen LogP contribution in [0.5, 0.6) is 0 Å². The summed E-state index contributed by atoms with van der Waals surface area (Å²) in [7, 11) is -3.15. The molecule has 1 aromatic carbocycles. The van der Waals surface area contributed by atoms with Gasteiger partial charge in [0.05, 0.1) is 24.2 Å². The van der Waals surface area contributed by atoms with Crippen LogP contribution in [0.2, 0.25) is 0 Å². The van der Waals surface area contributed by atoms with E-state index < -0.39 is 22.0 Å². The van der Waals surface area contributed by atoms with Gasteiger partial charge in [-0.3, -0.25) is 0 Å². The first-order valence-corrected chi connectivity index (χ1v) is 9.14. The number of aryl methyl sites for hydroxylation is 1. The number of hydrogen-bond acceptors (Lipinski definition) is 5. The summed E-state index contributed by atoms with van der Waals surface area (Å²) in [6, 6.07) is 7.25. The lowest BCUT2D eigenvalue weighted by molar-refractivity contribution is 0.147. The molecule has 1 amide bonds. The molecule has 2 N–H and O–H groups in total. The van der Waals surface area contributed by atoms with E-state index in [2.05, 4.69) is 10.6 Å². The number of benzene rings is 1. The summed E-state index contributed by atoms with van der Waals surface area (Å²) in [6.07, 6.45) is -0.577. The molecule has 0 aliphatic carbocycles. The van der Waals surface area contributed by atoms with E-state index >= 15 is 0 Å². The van der Waals surface area contributed by atoms with Gasteiger partial charge >= 0.3 is 6.09 Å². The molecular weight excluding hydrogens is 304 g/mol. The molecule has 1 saturated heterocycles. The van der Waals surface area contributed by atoms with Gasteiger partial charge in [-0.1, -0.05) is 29.8 Å². The summed E-state index contributed by atoms with van der Waals surface area (Å²) in [5.41, 5.74) is 2.25. The SMILES string of the molecule is CCOC(=O)N[C@@H]1CS(=O)(=O)C[C@@H]1NCc1ccc(C)cc1. The van der Waals surface area contributed by atoms with E-state index in [-0.39, 0.29) is 24.2 Å². The van der Waals surface area contributed by atoms with Crippen LogP contribution in [-0.2, 0) is 21.1 Å². The molecule has 6 nitrogen and oxygen atoms in total. The highest BCUT2D eigenvalue weighted by Crippen LogP contribution is 2.14. The second-order valence-electron chi connectivity index (χ2n) is 5.52. The van der Waals surface area contributed by atoms with Crippen molar-refractivity contribution in [1.82, 2.24) is 10.6 Å². The van der Waals surface area contributed by atoms with Gasteiger partial charge in [-0.2, -0.15) is 0 Å². The number of hydrogen-bond donors (Lipinski definition) is 2. The maximum absolute atomic E-state index is 11.8. The third kappa shape index (κ3) is 4.71. The Morgan fingerprint density at radius 1 is 1.23 bits per heavy atom. The molecule has 0 bridgehead atoms. The summed E-state index contributed by atoms with van der Waals surface area (Å²) in [5.74, 6) is -0.0344. The molecular formula is C15H22N2O4S. The molecule has 0 unspecified atom stereocenters. The number of ether oxygens (including phenoxy) is 1. The second-order valence-corrected chi connectivity index (χ2v) is 7.68. The van der Waals surface area contributed by atoms with Gasteiger partial charge in [0, 0.05) is 12.6 Å². The predicted molar refractivity (Wildman–Crippen MR) is 84.4 cm³/mol. The largest absolute Gasteiger partial charge is 0.450 e. The summed E-state index contributed by atoms with van der Waals surface area (Å²) in [6.45, 7) is 4.53. The molecule has 7 heteroatoms. The molecule has 0 radical (unpaired) electrons. The zero-order chi connectivity index (χ0) is 16.2. The molecule has 2 rings (SSSR count). The quantitative estimate of drug-likeness (QED) is 0.843. The van der Waals surface area contributed by atoms with Gasteiger partial charge in [0.1, 0.15) is 0 Å². The van der Waals surface area contributed by atoms with Gasteiger partial charge in [-0.05, 0) is 19.4 Å². The Morgan fingerprint density at radius 3 is 2.50 bits per heavy atom. The van der Waals surface area contributed by atoms with Gasteiger partial charge in [-0.25, -0.2) is 13.2 Å². The normalized spacial score (nSPS) is 23.2. The molecule has 0 spiro atoms. The average molecular weight is 326 g/mol. The van der Waals surface area contributed by atoms with Crippen LogP contribution in [0.3, 0.4) is 0 Å². The Balaban J connectivity index is 1.97. The van der Waals surface area contributed by atoms with Crippen molar-refractivity contribution in [2.75, 3.05) is 18.1 Å². The first-order valence-electron chi connectivity index (χ1n) is 7.32. The molecule has 1 heterocycles. The zero-order valence-electron chi connectivity index (χ0n) is 12.8. The van der Waals surface area contributed by atoms with Crippen molar-refractivity contribution in [2.24, 2.45) is 0 Å². The minimum atomic E-state index is -3.15. The summed E-state index contributed by atoms with van der Waals surface area (Å²) in [4.78, 5) is 11.5. The van der Waals surface area contributed by atoms with E-state index in [1.807, 2.05) is 31.2 Å². The molecule has 22 heavy (non-hydrogen) atoms. The van der Waals surface area contributed by atoms with Gasteiger partial charge in [0.2, 0.25) is 0 Å². The fraction of sp³-hybridized carbons (Fsp3) is 0.533. The van der Waals surface area contributed by atoms with Crippen molar-refractivity contribution < 1.29 is 17.9 Å². The Hall–Kier alpha value is -1.60. The van der Waals surface area contributed by atoms with Gasteiger partial charge in [0.15, 0.2) is 9.84 Å². The Kier molecular flexibility index (Phi) is 5.42. The van der Waals surface area contributed by atoms with Crippen LogP contribution in [0.25, 0.3) is 0 Å². The Bertz CT molecular complexity index is 613. The summed E-state index contributed by atoms with van der Waals surface area (Å²) in [5, 5.41) is 5.85. The first kappa shape index (κ1) is 16.8. The van der Waals surface area contributed by atoms with Crippen LogP contribution in [-0.4, -0.2) is 44.7 Å². The standard InChI is InChI=1S/C15H22N2O4S/c1-3-21-15(18)17-14-10-22(19,20)9-13(14)16-8-12-6-4-11(2)5-7-12/h4-7,13-14,16H,3,8-10H2,1-2H3,(H,17,18)/t13-,14+/m0/s1. The lowest BCUT2D eigenvalue weighted by atomic mass is 10.1. The van der Waals surface area contributed by atoms with Crippen LogP contribution < -0.4 is 10.6 Å². The third-order valence-electron chi connectivity index (χ3n) is 3.62. The van der Waals surface area contributed by atoms with Crippen molar-refractivity contribution in [1.29, 1.82) is 0 Å². The number of carbonyl (C=O) groups is 1. The average Bonchev–Trinajstić information content (AvgIpc) is 2.72. The maximum atomic E-state index is 11.8. The van der Waals surface area contributed by atoms with E-state index in [9.17, 15) is 13.2 Å². The van der Waals surface area contributed by atoms with Crippen LogP contribution in [0.15, 0.2) is 24.3 Å². The molecule has 0 saturated carbocycles. The van der Waals surface area contributed by atoms with Crippen LogP contribution in [0, 0.1) is 6.92 Å². The van der Waals surface area contributed by atoms with Crippen molar-refractivity contribution in [3.63, 3.8) is 0 Å². The number of alkyl carbamates (subject to hydrolysis) is 1. The highest BCUT2D eigenvalue weighted by Gasteiger charge is 2.38. The number of nitrogens with one attached hydrogen (secondary N) is 2. The number of amides is 1. The summed E-state index contributed by atoms with van der Waals surface area (Å²) < 4.78 is 28.5. The monoisotopic (exact) mass is 326 g/mol. The molecule has 1 fully saturated rings. The van der Waals surface area contributed by atoms with Gasteiger partial charge < -0.3 is 15.4 Å². The molecule has 122 valence electrons. The maximum Gasteiger partial charge on any atom is 0.407 e. The van der Waals surface area contributed by atoms with Crippen molar-refractivity contribution in [3.8, 4) is 0 Å². The van der Waals surface area contributed by atoms with Crippen molar-refractivity contribution in [2.45, 2.75) is 32.5 Å². The number of rotatable bonds is 5. The van der Waals surface area contributed by atoms with E-state index in [1.54, 1.807) is 6.92 Å². The fourth-order valence-corrected chi connectivity index (χ4v) is 4.37. The molecule has 1 aliphatic rings. The summed E-state index contributed by atoms with van der Waals surface area (Å²) >= 11 is 0. The van der Waals surface area contributed by atoms with Gasteiger partial charge in [0.25, 0.3) is 0 Å². The van der Waals surface area contributed by atoms with E-state index in [4.69, 9.17) is 4.74 Å². The van der Waals surface area contributed by atoms with Crippen molar-refractivity contribution in [3.05, 3.63) is 35.4 Å². The van der Waals surface area contributed by atoms with E-state index in [0.29, 0.717) is 6.54 Å².